The third-order valence-corrected chi connectivity index (χ3v) is 3.54. The number of nitrogens with zero attached hydrogens (tertiary/aromatic N) is 3. The molecule has 2 N–H and O–H groups in total. The number of aromatic nitrogens is 3. The molecule has 0 saturated heterocycles. The van der Waals surface area contributed by atoms with Gasteiger partial charge >= 0.3 is 0 Å². The topological polar surface area (TPSA) is 81.1 Å². The lowest BCUT2D eigenvalue weighted by Gasteiger charge is -2.12. The van der Waals surface area contributed by atoms with Gasteiger partial charge < -0.3 is 5.32 Å². The van der Waals surface area contributed by atoms with Crippen LogP contribution in [-0.2, 0) is 11.9 Å². The first kappa shape index (κ1) is 15.3. The third-order valence-electron chi connectivity index (χ3n) is 3.34. The van der Waals surface area contributed by atoms with Crippen LogP contribution in [0.4, 0.5) is 11.4 Å². The van der Waals surface area contributed by atoms with Gasteiger partial charge in [-0.05, 0) is 24.3 Å². The first-order chi connectivity index (χ1) is 11.1. The summed E-state index contributed by atoms with van der Waals surface area (Å²) in [5, 5.41) is 8.70. The van der Waals surface area contributed by atoms with E-state index in [1.165, 1.54) is 13.3 Å². The molecule has 0 spiro atoms. The van der Waals surface area contributed by atoms with Gasteiger partial charge in [0.05, 0.1) is 30.1 Å². The van der Waals surface area contributed by atoms with Gasteiger partial charge in [-0.25, -0.2) is 10.5 Å². The minimum absolute atomic E-state index is 0.281. The Kier molecular flexibility index (Phi) is 4.14. The molecule has 0 radical (unpaired) electrons. The Labute approximate surface area is 137 Å². The molecular formula is C15H14ClN5O2. The van der Waals surface area contributed by atoms with E-state index >= 15 is 0 Å². The van der Waals surface area contributed by atoms with Crippen molar-refractivity contribution in [2.75, 3.05) is 12.4 Å². The second-order valence-electron chi connectivity index (χ2n) is 4.85. The molecule has 118 valence electrons. The molecular weight excluding hydrogens is 318 g/mol. The fourth-order valence-electron chi connectivity index (χ4n) is 2.24. The number of hydroxylamine groups is 1. The summed E-state index contributed by atoms with van der Waals surface area (Å²) in [6.07, 6.45) is 3.18. The van der Waals surface area contributed by atoms with E-state index in [-0.39, 0.29) is 5.15 Å². The van der Waals surface area contributed by atoms with Gasteiger partial charge in [0, 0.05) is 24.3 Å². The van der Waals surface area contributed by atoms with E-state index in [0.29, 0.717) is 11.3 Å². The van der Waals surface area contributed by atoms with Gasteiger partial charge in [0.1, 0.15) is 5.15 Å². The fourth-order valence-corrected chi connectivity index (χ4v) is 2.40. The summed E-state index contributed by atoms with van der Waals surface area (Å²) in [4.78, 5) is 20.6. The van der Waals surface area contributed by atoms with Crippen LogP contribution in [0.3, 0.4) is 0 Å². The van der Waals surface area contributed by atoms with Crippen molar-refractivity contribution in [2.24, 2.45) is 7.05 Å². The number of aryl methyl sites for hydroxylation is 1. The van der Waals surface area contributed by atoms with Crippen LogP contribution < -0.4 is 10.8 Å². The van der Waals surface area contributed by atoms with E-state index in [9.17, 15) is 4.79 Å². The summed E-state index contributed by atoms with van der Waals surface area (Å²) >= 11 is 5.94. The smallest absolute Gasteiger partial charge is 0.278 e. The second-order valence-corrected chi connectivity index (χ2v) is 5.24. The molecule has 3 aromatic rings. The van der Waals surface area contributed by atoms with E-state index in [1.807, 2.05) is 25.2 Å². The highest BCUT2D eigenvalue weighted by Gasteiger charge is 2.13. The van der Waals surface area contributed by atoms with E-state index in [0.717, 1.165) is 16.6 Å². The second kappa shape index (κ2) is 6.23. The zero-order valence-electron chi connectivity index (χ0n) is 12.5. The molecule has 0 unspecified atom stereocenters. The molecule has 1 aromatic carbocycles. The molecule has 0 aliphatic carbocycles. The largest absolute Gasteiger partial charge is 0.355 e. The maximum absolute atomic E-state index is 12.0. The minimum atomic E-state index is -0.416. The van der Waals surface area contributed by atoms with Crippen LogP contribution in [-0.4, -0.2) is 27.8 Å². The Morgan fingerprint density at radius 1 is 1.30 bits per heavy atom. The van der Waals surface area contributed by atoms with E-state index in [1.54, 1.807) is 16.9 Å². The highest BCUT2D eigenvalue weighted by molar-refractivity contribution is 6.29. The van der Waals surface area contributed by atoms with Gasteiger partial charge in [0.15, 0.2) is 0 Å². The molecule has 0 aliphatic rings. The summed E-state index contributed by atoms with van der Waals surface area (Å²) in [5.41, 5.74) is 4.89. The highest BCUT2D eigenvalue weighted by atomic mass is 35.5. The quantitative estimate of drug-likeness (QED) is 0.567. The van der Waals surface area contributed by atoms with Gasteiger partial charge in [0.25, 0.3) is 5.91 Å². The lowest BCUT2D eigenvalue weighted by molar-refractivity contribution is 0.0538. The number of hydrogen-bond donors (Lipinski definition) is 2. The molecule has 0 fully saturated rings. The van der Waals surface area contributed by atoms with Crippen molar-refractivity contribution in [1.29, 1.82) is 0 Å². The Balaban J connectivity index is 1.98. The molecule has 2 aromatic heterocycles. The van der Waals surface area contributed by atoms with Crippen molar-refractivity contribution in [2.45, 2.75) is 0 Å². The SMILES string of the molecule is CONC(=O)c1cnc(Cl)cc1Nc1ccc2cnn(C)c2c1. The monoisotopic (exact) mass is 331 g/mol. The molecule has 1 amide bonds. The number of anilines is 2. The van der Waals surface area contributed by atoms with Crippen LogP contribution in [0.5, 0.6) is 0 Å². The van der Waals surface area contributed by atoms with Crippen molar-refractivity contribution < 1.29 is 9.63 Å². The van der Waals surface area contributed by atoms with E-state index in [4.69, 9.17) is 11.6 Å². The number of carbonyl (C=O) groups excluding carboxylic acids is 1. The predicted molar refractivity (Wildman–Crippen MR) is 87.7 cm³/mol. The summed E-state index contributed by atoms with van der Waals surface area (Å²) in [6, 6.07) is 7.37. The normalized spacial score (nSPS) is 10.7. The van der Waals surface area contributed by atoms with Crippen LogP contribution in [0, 0.1) is 0 Å². The lowest BCUT2D eigenvalue weighted by Crippen LogP contribution is -2.23. The standard InChI is InChI=1S/C15H14ClN5O2/c1-21-13-5-10(4-3-9(13)7-18-21)19-12-6-14(16)17-8-11(12)15(22)20-23-2/h3-8H,1-2H3,(H,17,19)(H,20,22). The minimum Gasteiger partial charge on any atom is -0.355 e. The molecule has 23 heavy (non-hydrogen) atoms. The van der Waals surface area contributed by atoms with Crippen LogP contribution in [0.1, 0.15) is 10.4 Å². The third kappa shape index (κ3) is 3.10. The number of fused-ring (bicyclic) bond motifs is 1. The van der Waals surface area contributed by atoms with Crippen LogP contribution >= 0.6 is 11.6 Å². The number of rotatable bonds is 4. The van der Waals surface area contributed by atoms with Gasteiger partial charge in [-0.1, -0.05) is 11.6 Å². The number of nitrogens with one attached hydrogen (secondary N) is 2. The van der Waals surface area contributed by atoms with Gasteiger partial charge in [-0.15, -0.1) is 0 Å². The molecule has 0 aliphatic heterocycles. The zero-order valence-corrected chi connectivity index (χ0v) is 13.3. The number of hydrogen-bond acceptors (Lipinski definition) is 5. The summed E-state index contributed by atoms with van der Waals surface area (Å²) in [5.74, 6) is -0.416. The predicted octanol–water partition coefficient (Wildman–Crippen LogP) is 2.66. The lowest BCUT2D eigenvalue weighted by atomic mass is 10.2. The van der Waals surface area contributed by atoms with Gasteiger partial charge in [-0.3, -0.25) is 14.3 Å². The summed E-state index contributed by atoms with van der Waals surface area (Å²) in [6.45, 7) is 0. The van der Waals surface area contributed by atoms with Gasteiger partial charge in [-0.2, -0.15) is 5.10 Å². The Hall–Kier alpha value is -2.64. The fraction of sp³-hybridized carbons (Fsp3) is 0.133. The maximum atomic E-state index is 12.0. The number of amides is 1. The van der Waals surface area contributed by atoms with Crippen molar-refractivity contribution >= 4 is 39.8 Å². The molecule has 2 heterocycles. The first-order valence-electron chi connectivity index (χ1n) is 6.76. The Morgan fingerprint density at radius 2 is 2.13 bits per heavy atom. The van der Waals surface area contributed by atoms with Crippen LogP contribution in [0.15, 0.2) is 36.7 Å². The number of carbonyl (C=O) groups is 1. The maximum Gasteiger partial charge on any atom is 0.278 e. The van der Waals surface area contributed by atoms with Crippen molar-refractivity contribution in [3.05, 3.63) is 47.4 Å². The van der Waals surface area contributed by atoms with Crippen molar-refractivity contribution in [3.63, 3.8) is 0 Å². The number of pyridine rings is 1. The summed E-state index contributed by atoms with van der Waals surface area (Å²) < 4.78 is 1.78. The molecule has 3 rings (SSSR count). The number of benzene rings is 1. The van der Waals surface area contributed by atoms with Crippen molar-refractivity contribution in [1.82, 2.24) is 20.2 Å². The van der Waals surface area contributed by atoms with Gasteiger partial charge in [0.2, 0.25) is 0 Å². The van der Waals surface area contributed by atoms with Crippen LogP contribution in [0.25, 0.3) is 10.9 Å². The first-order valence-corrected chi connectivity index (χ1v) is 7.14. The Morgan fingerprint density at radius 3 is 2.91 bits per heavy atom. The van der Waals surface area contributed by atoms with E-state index in [2.05, 4.69) is 25.7 Å². The van der Waals surface area contributed by atoms with Crippen molar-refractivity contribution in [3.8, 4) is 0 Å². The Bertz CT molecular complexity index is 877. The van der Waals surface area contributed by atoms with E-state index < -0.39 is 5.91 Å². The summed E-state index contributed by atoms with van der Waals surface area (Å²) in [7, 11) is 3.23. The molecule has 0 bridgehead atoms. The number of halogens is 1. The molecule has 8 heteroatoms. The van der Waals surface area contributed by atoms with Crippen LogP contribution in [0.2, 0.25) is 5.15 Å². The molecule has 0 saturated carbocycles. The average molecular weight is 332 g/mol. The molecule has 0 atom stereocenters. The average Bonchev–Trinajstić information content (AvgIpc) is 2.89. The highest BCUT2D eigenvalue weighted by Crippen LogP contribution is 2.25. The zero-order chi connectivity index (χ0) is 16.4. The molecule has 7 nitrogen and oxygen atoms in total.